The molecule has 0 aliphatic carbocycles. The number of nitro groups is 2. The lowest BCUT2D eigenvalue weighted by molar-refractivity contribution is -0.388. The minimum Gasteiger partial charge on any atom is -0.508 e. The molecule has 6 aromatic rings. The Morgan fingerprint density at radius 1 is 0.594 bits per heavy atom. The number of nitrogens with zero attached hydrogens (tertiary/aromatic N) is 6. The van der Waals surface area contributed by atoms with Crippen molar-refractivity contribution in [2.75, 3.05) is 74.6 Å². The minimum atomic E-state index is -4.92. The van der Waals surface area contributed by atoms with Crippen LogP contribution in [0.25, 0.3) is 21.5 Å². The highest BCUT2D eigenvalue weighted by molar-refractivity contribution is 6.27. The quantitative estimate of drug-likeness (QED) is 0.0672. The Balaban J connectivity index is 0.000000188. The molecule has 2 saturated heterocycles. The van der Waals surface area contributed by atoms with E-state index in [0.717, 1.165) is 56.1 Å². The highest BCUT2D eigenvalue weighted by atomic mass is 35.5. The molecule has 21 heteroatoms. The highest BCUT2D eigenvalue weighted by Gasteiger charge is 2.41. The molecule has 0 spiro atoms. The van der Waals surface area contributed by atoms with E-state index in [-0.39, 0.29) is 52.0 Å². The zero-order valence-corrected chi connectivity index (χ0v) is 37.9. The third-order valence-electron chi connectivity index (χ3n) is 11.5. The number of phenolic OH excluding ortho intramolecular Hbond substituents is 1. The van der Waals surface area contributed by atoms with Crippen molar-refractivity contribution in [3.63, 3.8) is 0 Å². The lowest BCUT2D eigenvalue weighted by Gasteiger charge is -2.36. The summed E-state index contributed by atoms with van der Waals surface area (Å²) in [6.45, 7) is 9.35. The second kappa shape index (κ2) is 21.7. The third-order valence-corrected chi connectivity index (χ3v) is 11.7. The van der Waals surface area contributed by atoms with Crippen molar-refractivity contribution in [3.05, 3.63) is 152 Å². The average Bonchev–Trinajstić information content (AvgIpc) is 3.32. The van der Waals surface area contributed by atoms with Crippen LogP contribution in [0, 0.1) is 34.1 Å². The zero-order valence-electron chi connectivity index (χ0n) is 37.1. The van der Waals surface area contributed by atoms with E-state index >= 15 is 0 Å². The van der Waals surface area contributed by atoms with Gasteiger partial charge in [0.25, 0.3) is 17.3 Å². The van der Waals surface area contributed by atoms with E-state index in [9.17, 15) is 61.3 Å². The number of alkyl halides is 7. The number of fused-ring (bicyclic) bond motifs is 2. The lowest BCUT2D eigenvalue weighted by atomic mass is 10.0. The van der Waals surface area contributed by atoms with Crippen LogP contribution in [0.15, 0.2) is 109 Å². The monoisotopic (exact) mass is 982 g/mol. The van der Waals surface area contributed by atoms with Gasteiger partial charge in [-0.05, 0) is 85.3 Å². The summed E-state index contributed by atoms with van der Waals surface area (Å²) >= 11 is 5.55. The number of nitro benzene ring substituents is 2. The molecule has 2 amide bonds. The van der Waals surface area contributed by atoms with Gasteiger partial charge in [0.05, 0.1) is 9.85 Å². The summed E-state index contributed by atoms with van der Waals surface area (Å²) in [6.07, 6.45) is -9.79. The number of benzene rings is 6. The van der Waals surface area contributed by atoms with Crippen molar-refractivity contribution in [3.8, 4) is 11.5 Å². The first kappa shape index (κ1) is 51.0. The van der Waals surface area contributed by atoms with Gasteiger partial charge in [0, 0.05) is 86.6 Å². The number of phenols is 1. The van der Waals surface area contributed by atoms with Gasteiger partial charge in [-0.2, -0.15) is 26.3 Å². The van der Waals surface area contributed by atoms with E-state index in [4.69, 9.17) is 16.3 Å². The molecule has 364 valence electrons. The Kier molecular flexibility index (Phi) is 16.1. The predicted octanol–water partition coefficient (Wildman–Crippen LogP) is 10.2. The number of aryl methyl sites for hydroxylation is 2. The number of ether oxygens (including phenoxy) is 1. The van der Waals surface area contributed by atoms with E-state index in [0.29, 0.717) is 26.2 Å². The molecule has 0 saturated carbocycles. The van der Waals surface area contributed by atoms with Crippen LogP contribution in [0.4, 0.5) is 49.1 Å². The Hall–Kier alpha value is -7.35. The number of hydrogen-bond donors (Lipinski definition) is 1. The summed E-state index contributed by atoms with van der Waals surface area (Å²) in [5, 5.41) is 30.6. The number of carbonyl (C=O) groups is 2. The average molecular weight is 983 g/mol. The van der Waals surface area contributed by atoms with Crippen LogP contribution < -0.4 is 14.5 Å². The number of anilines is 2. The fraction of sp³-hybridized carbons (Fsp3) is 0.292. The molecule has 0 bridgehead atoms. The molecule has 69 heavy (non-hydrogen) atoms. The molecule has 2 fully saturated rings. The van der Waals surface area contributed by atoms with Crippen LogP contribution in [0.1, 0.15) is 22.3 Å². The molecule has 6 aromatic carbocycles. The fourth-order valence-corrected chi connectivity index (χ4v) is 8.00. The van der Waals surface area contributed by atoms with Crippen molar-refractivity contribution in [1.82, 2.24) is 9.80 Å². The number of carbonyl (C=O) groups excluding carboxylic acids is 2. The van der Waals surface area contributed by atoms with Gasteiger partial charge in [-0.25, -0.2) is 0 Å². The Bertz CT molecular complexity index is 2820. The van der Waals surface area contributed by atoms with E-state index < -0.39 is 50.1 Å². The maximum atomic E-state index is 13.6. The number of amides is 2. The first-order chi connectivity index (χ1) is 32.6. The summed E-state index contributed by atoms with van der Waals surface area (Å²) in [6, 6.07) is 28.0. The largest absolute Gasteiger partial charge is 0.508 e. The zero-order chi connectivity index (χ0) is 50.2. The van der Waals surface area contributed by atoms with Gasteiger partial charge in [-0.1, -0.05) is 47.5 Å². The maximum absolute atomic E-state index is 13.6. The Morgan fingerprint density at radius 2 is 0.986 bits per heavy atom. The van der Waals surface area contributed by atoms with Crippen LogP contribution in [0.2, 0.25) is 0 Å². The van der Waals surface area contributed by atoms with E-state index in [1.54, 1.807) is 4.90 Å². The molecule has 2 heterocycles. The molecule has 0 unspecified atom stereocenters. The van der Waals surface area contributed by atoms with Gasteiger partial charge in [0.2, 0.25) is 5.91 Å². The molecule has 8 rings (SSSR count). The Morgan fingerprint density at radius 3 is 1.39 bits per heavy atom. The normalized spacial score (nSPS) is 14.1. The summed E-state index contributed by atoms with van der Waals surface area (Å²) < 4.78 is 84.9. The molecule has 14 nitrogen and oxygen atoms in total. The summed E-state index contributed by atoms with van der Waals surface area (Å²) in [5.41, 5.74) is 0.0125. The van der Waals surface area contributed by atoms with Crippen LogP contribution in [-0.4, -0.2) is 101 Å². The van der Waals surface area contributed by atoms with Gasteiger partial charge < -0.3 is 29.4 Å². The van der Waals surface area contributed by atoms with E-state index in [2.05, 4.69) is 41.0 Å². The summed E-state index contributed by atoms with van der Waals surface area (Å²) in [5.74, 6) is -0.502. The molecule has 0 aromatic heterocycles. The Labute approximate surface area is 396 Å². The second-order valence-electron chi connectivity index (χ2n) is 16.0. The van der Waals surface area contributed by atoms with Crippen molar-refractivity contribution >= 4 is 67.7 Å². The summed E-state index contributed by atoms with van der Waals surface area (Å²) in [4.78, 5) is 51.6. The first-order valence-corrected chi connectivity index (χ1v) is 21.8. The predicted molar refractivity (Wildman–Crippen MR) is 249 cm³/mol. The van der Waals surface area contributed by atoms with Gasteiger partial charge >= 0.3 is 12.4 Å². The number of rotatable bonds is 8. The highest BCUT2D eigenvalue weighted by Crippen LogP contribution is 2.43. The third kappa shape index (κ3) is 12.8. The van der Waals surface area contributed by atoms with Crippen molar-refractivity contribution in [1.29, 1.82) is 0 Å². The van der Waals surface area contributed by atoms with Gasteiger partial charge in [-0.3, -0.25) is 29.8 Å². The maximum Gasteiger partial charge on any atom is 0.423 e. The van der Waals surface area contributed by atoms with E-state index in [1.807, 2.05) is 36.1 Å². The van der Waals surface area contributed by atoms with E-state index in [1.165, 1.54) is 53.2 Å². The number of halogens is 7. The second-order valence-corrected chi connectivity index (χ2v) is 16.3. The van der Waals surface area contributed by atoms with Crippen molar-refractivity contribution in [2.45, 2.75) is 26.2 Å². The lowest BCUT2D eigenvalue weighted by Crippen LogP contribution is -2.50. The number of aromatic hydroxyl groups is 1. The number of hydrogen-bond acceptors (Lipinski definition) is 10. The van der Waals surface area contributed by atoms with Crippen LogP contribution in [0.3, 0.4) is 0 Å². The molecule has 2 aliphatic rings. The standard InChI is InChI=1S/C24H22F3N3O4.C13H17ClN2O.C11H6F3NO3/c1-16-2-6-18(7-3-16)28-10-12-29(13-11-28)22(31)15-34-19-8-4-17-5-9-21(30(32)33)23(20(17)14-19)24(25,26)27;1-11-2-4-12(5-3-11)15-6-8-16(9-7-15)13(17)10-14;12-11(13,14)10-8-5-7(16)3-1-6(8)2-4-9(10)15(17)18/h2-9,14H,10-13,15H2,1H3;2-5H,6-10H2,1H3;1-5,16H. The SMILES string of the molecule is Cc1ccc(N2CCN(C(=O)CCl)CC2)cc1.Cc1ccc(N2CCN(C(=O)COc3ccc4ccc([N+](=O)[O-])c(C(F)(F)F)c4c3)CC2)cc1.O=[N+]([O-])c1ccc2ccc(O)cc2c1C(F)(F)F. The molecule has 1 N–H and O–H groups in total. The van der Waals surface area contributed by atoms with Gasteiger partial charge in [0.15, 0.2) is 6.61 Å². The topological polar surface area (TPSA) is 163 Å². The van der Waals surface area contributed by atoms with Crippen LogP contribution in [0.5, 0.6) is 11.5 Å². The fourth-order valence-electron chi connectivity index (χ4n) is 7.83. The van der Waals surface area contributed by atoms with Gasteiger partial charge in [-0.15, -0.1) is 11.6 Å². The minimum absolute atomic E-state index is 0.0325. The molecule has 0 atom stereocenters. The molecule has 0 radical (unpaired) electrons. The van der Waals surface area contributed by atoms with Crippen LogP contribution >= 0.6 is 11.6 Å². The molecular weight excluding hydrogens is 938 g/mol. The number of piperazine rings is 2. The van der Waals surface area contributed by atoms with Gasteiger partial charge in [0.1, 0.15) is 28.5 Å². The smallest absolute Gasteiger partial charge is 0.423 e. The first-order valence-electron chi connectivity index (χ1n) is 21.3. The molecule has 2 aliphatic heterocycles. The van der Waals surface area contributed by atoms with Crippen LogP contribution in [-0.2, 0) is 21.9 Å². The molecular formula is C48H45ClF6N6O8. The van der Waals surface area contributed by atoms with Crippen molar-refractivity contribution < 1.29 is 55.6 Å². The van der Waals surface area contributed by atoms with Crippen molar-refractivity contribution in [2.24, 2.45) is 0 Å². The summed E-state index contributed by atoms with van der Waals surface area (Å²) in [7, 11) is 0.